The van der Waals surface area contributed by atoms with E-state index in [1.807, 2.05) is 6.07 Å². The molecule has 1 amide bonds. The Labute approximate surface area is 230 Å². The van der Waals surface area contributed by atoms with Gasteiger partial charge in [-0.2, -0.15) is 9.61 Å². The van der Waals surface area contributed by atoms with Crippen molar-refractivity contribution in [3.63, 3.8) is 0 Å². The van der Waals surface area contributed by atoms with E-state index in [1.165, 1.54) is 22.7 Å². The Kier molecular flexibility index (Phi) is 7.63. The highest BCUT2D eigenvalue weighted by Crippen LogP contribution is 2.33. The molecule has 0 spiro atoms. The highest BCUT2D eigenvalue weighted by atomic mass is 19.1. The number of nitrogens with two attached hydrogens (primary N) is 1. The predicted octanol–water partition coefficient (Wildman–Crippen LogP) is 2.98. The standard InChI is InChI=1S/C28H32F2N8O2/c1-16-14-37(15-22(31)27(16)36(3)17(2)40)25-6-8-32-13-24(25)34-28-33-12-19-4-5-23(35-38(19)28)26-20(29)10-18(7-9-39)11-21(26)30/h4-6,8,10-13,16,22,27,39H,7,9,14-15,31H2,1-3H3,(H,33,34). The maximum absolute atomic E-state index is 14.9. The highest BCUT2D eigenvalue weighted by Gasteiger charge is 2.36. The molecule has 40 heavy (non-hydrogen) atoms. The molecule has 4 N–H and O–H groups in total. The molecule has 1 fully saturated rings. The number of nitrogens with zero attached hydrogens (tertiary/aromatic N) is 6. The molecule has 10 nitrogen and oxygen atoms in total. The largest absolute Gasteiger partial charge is 0.396 e. The van der Waals surface area contributed by atoms with E-state index in [-0.39, 0.29) is 48.2 Å². The Hall–Kier alpha value is -4.16. The number of amides is 1. The van der Waals surface area contributed by atoms with Gasteiger partial charge in [-0.1, -0.05) is 6.92 Å². The lowest BCUT2D eigenvalue weighted by Gasteiger charge is -2.46. The van der Waals surface area contributed by atoms with Crippen LogP contribution in [0.1, 0.15) is 19.4 Å². The molecule has 3 unspecified atom stereocenters. The molecule has 1 saturated heterocycles. The third kappa shape index (κ3) is 5.19. The molecule has 0 saturated carbocycles. The molecule has 0 aliphatic carbocycles. The molecule has 0 radical (unpaired) electrons. The van der Waals surface area contributed by atoms with Gasteiger partial charge < -0.3 is 26.0 Å². The van der Waals surface area contributed by atoms with Gasteiger partial charge in [-0.25, -0.2) is 13.8 Å². The normalized spacial score (nSPS) is 19.2. The summed E-state index contributed by atoms with van der Waals surface area (Å²) in [7, 11) is 1.78. The fraction of sp³-hybridized carbons (Fsp3) is 0.357. The van der Waals surface area contributed by atoms with Crippen LogP contribution in [0.15, 0.2) is 48.9 Å². The van der Waals surface area contributed by atoms with Crippen LogP contribution < -0.4 is 16.0 Å². The van der Waals surface area contributed by atoms with Crippen molar-refractivity contribution in [3.05, 3.63) is 66.1 Å². The number of nitrogens with one attached hydrogen (secondary N) is 1. The zero-order valence-corrected chi connectivity index (χ0v) is 22.6. The van der Waals surface area contributed by atoms with Crippen LogP contribution in [0, 0.1) is 17.6 Å². The molecule has 1 aliphatic heterocycles. The van der Waals surface area contributed by atoms with Crippen LogP contribution >= 0.6 is 0 Å². The molecular weight excluding hydrogens is 518 g/mol. The number of piperidine rings is 1. The van der Waals surface area contributed by atoms with E-state index in [0.717, 1.165) is 5.69 Å². The monoisotopic (exact) mass is 550 g/mol. The number of benzene rings is 1. The summed E-state index contributed by atoms with van der Waals surface area (Å²) in [6.07, 6.45) is 5.12. The van der Waals surface area contributed by atoms with Gasteiger partial charge in [-0.15, -0.1) is 0 Å². The van der Waals surface area contributed by atoms with Crippen molar-refractivity contribution in [2.75, 3.05) is 37.0 Å². The van der Waals surface area contributed by atoms with Crippen LogP contribution in [-0.2, 0) is 11.2 Å². The number of aliphatic hydroxyl groups is 1. The number of carbonyl (C=O) groups is 1. The molecule has 1 aromatic carbocycles. The zero-order valence-electron chi connectivity index (χ0n) is 22.6. The Morgan fingerprint density at radius 3 is 2.62 bits per heavy atom. The number of hydrogen-bond acceptors (Lipinski definition) is 8. The van der Waals surface area contributed by atoms with Crippen molar-refractivity contribution in [2.45, 2.75) is 32.4 Å². The fourth-order valence-corrected chi connectivity index (χ4v) is 5.52. The summed E-state index contributed by atoms with van der Waals surface area (Å²) < 4.78 is 31.3. The van der Waals surface area contributed by atoms with E-state index in [1.54, 1.807) is 43.5 Å². The average molecular weight is 551 g/mol. The third-order valence-corrected chi connectivity index (χ3v) is 7.43. The number of fused-ring (bicyclic) bond motifs is 1. The summed E-state index contributed by atoms with van der Waals surface area (Å²) >= 11 is 0. The van der Waals surface area contributed by atoms with Gasteiger partial charge in [-0.05, 0) is 48.2 Å². The summed E-state index contributed by atoms with van der Waals surface area (Å²) in [6.45, 7) is 4.61. The molecule has 4 aromatic rings. The van der Waals surface area contributed by atoms with Gasteiger partial charge >= 0.3 is 0 Å². The minimum atomic E-state index is -0.760. The SMILES string of the molecule is CC(=O)N(C)C1C(C)CN(c2ccncc2Nc2ncc3ccc(-c4c(F)cc(CCO)cc4F)nn23)CC1N. The Morgan fingerprint density at radius 2 is 1.95 bits per heavy atom. The van der Waals surface area contributed by atoms with E-state index < -0.39 is 11.6 Å². The molecule has 3 atom stereocenters. The summed E-state index contributed by atoms with van der Waals surface area (Å²) in [5.41, 5.74) is 8.89. The first-order valence-corrected chi connectivity index (χ1v) is 13.1. The number of likely N-dealkylation sites (N-methyl/N-ethyl adjacent to an activating group) is 1. The second-order valence-corrected chi connectivity index (χ2v) is 10.2. The van der Waals surface area contributed by atoms with Gasteiger partial charge in [0.1, 0.15) is 11.6 Å². The van der Waals surface area contributed by atoms with Crippen LogP contribution in [0.4, 0.5) is 26.1 Å². The molecule has 12 heteroatoms. The maximum Gasteiger partial charge on any atom is 0.229 e. The first-order valence-electron chi connectivity index (χ1n) is 13.1. The number of anilines is 3. The van der Waals surface area contributed by atoms with Crippen LogP contribution in [0.5, 0.6) is 0 Å². The quantitative estimate of drug-likeness (QED) is 0.321. The van der Waals surface area contributed by atoms with Gasteiger partial charge in [0.15, 0.2) is 0 Å². The Morgan fingerprint density at radius 1 is 1.20 bits per heavy atom. The number of rotatable bonds is 7. The molecule has 210 valence electrons. The highest BCUT2D eigenvalue weighted by molar-refractivity contribution is 5.75. The lowest BCUT2D eigenvalue weighted by Crippen LogP contribution is -2.62. The molecule has 5 rings (SSSR count). The van der Waals surface area contributed by atoms with Crippen molar-refractivity contribution in [3.8, 4) is 11.3 Å². The summed E-state index contributed by atoms with van der Waals surface area (Å²) in [5.74, 6) is -1.09. The van der Waals surface area contributed by atoms with E-state index in [9.17, 15) is 13.6 Å². The molecule has 1 aliphatic rings. The number of imidazole rings is 1. The van der Waals surface area contributed by atoms with E-state index >= 15 is 0 Å². The van der Waals surface area contributed by atoms with Gasteiger partial charge in [0.25, 0.3) is 0 Å². The molecule has 3 aromatic heterocycles. The summed E-state index contributed by atoms with van der Waals surface area (Å²) in [6, 6.07) is 7.17. The topological polar surface area (TPSA) is 125 Å². The smallest absolute Gasteiger partial charge is 0.229 e. The van der Waals surface area contributed by atoms with Crippen molar-refractivity contribution in [2.24, 2.45) is 11.7 Å². The van der Waals surface area contributed by atoms with Crippen molar-refractivity contribution < 1.29 is 18.7 Å². The number of aliphatic hydroxyl groups excluding tert-OH is 1. The van der Waals surface area contributed by atoms with Crippen molar-refractivity contribution >= 4 is 28.7 Å². The van der Waals surface area contributed by atoms with Gasteiger partial charge in [0.2, 0.25) is 11.9 Å². The van der Waals surface area contributed by atoms with Gasteiger partial charge in [-0.3, -0.25) is 9.78 Å². The third-order valence-electron chi connectivity index (χ3n) is 7.43. The summed E-state index contributed by atoms with van der Waals surface area (Å²) in [5, 5.41) is 16.9. The molecule has 4 heterocycles. The summed E-state index contributed by atoms with van der Waals surface area (Å²) in [4.78, 5) is 24.6. The van der Waals surface area contributed by atoms with Crippen molar-refractivity contribution in [1.29, 1.82) is 0 Å². The number of halogens is 2. The zero-order chi connectivity index (χ0) is 28.6. The van der Waals surface area contributed by atoms with Crippen LogP contribution in [0.3, 0.4) is 0 Å². The number of aromatic nitrogens is 4. The number of carbonyl (C=O) groups excluding carboxylic acids is 1. The van der Waals surface area contributed by atoms with Gasteiger partial charge in [0.05, 0.1) is 46.6 Å². The Balaban J connectivity index is 1.45. The number of hydrogen-bond donors (Lipinski definition) is 3. The second-order valence-electron chi connectivity index (χ2n) is 10.2. The predicted molar refractivity (Wildman–Crippen MR) is 148 cm³/mol. The van der Waals surface area contributed by atoms with Crippen molar-refractivity contribution in [1.82, 2.24) is 24.5 Å². The van der Waals surface area contributed by atoms with Crippen LogP contribution in [-0.4, -0.2) is 74.3 Å². The average Bonchev–Trinajstić information content (AvgIpc) is 3.30. The molecular formula is C28H32F2N8O2. The fourth-order valence-electron chi connectivity index (χ4n) is 5.52. The van der Waals surface area contributed by atoms with E-state index in [4.69, 9.17) is 10.8 Å². The lowest BCUT2D eigenvalue weighted by atomic mass is 9.88. The minimum Gasteiger partial charge on any atom is -0.396 e. The van der Waals surface area contributed by atoms with Gasteiger partial charge in [0, 0.05) is 45.9 Å². The first kappa shape index (κ1) is 27.4. The second kappa shape index (κ2) is 11.1. The first-order chi connectivity index (χ1) is 19.2. The number of pyridine rings is 1. The molecule has 0 bridgehead atoms. The maximum atomic E-state index is 14.9. The Bertz CT molecular complexity index is 1510. The van der Waals surface area contributed by atoms with E-state index in [2.05, 4.69) is 32.2 Å². The van der Waals surface area contributed by atoms with E-state index in [0.29, 0.717) is 35.8 Å². The van der Waals surface area contributed by atoms with Crippen LogP contribution in [0.25, 0.3) is 16.8 Å². The minimum absolute atomic E-state index is 0.0223. The van der Waals surface area contributed by atoms with Crippen LogP contribution in [0.2, 0.25) is 0 Å². The lowest BCUT2D eigenvalue weighted by molar-refractivity contribution is -0.131.